The van der Waals surface area contributed by atoms with Gasteiger partial charge in [0.15, 0.2) is 5.11 Å². The normalized spacial score (nSPS) is 16.6. The molecule has 1 fully saturated rings. The van der Waals surface area contributed by atoms with Gasteiger partial charge in [-0.05, 0) is 62.9 Å². The van der Waals surface area contributed by atoms with Crippen LogP contribution in [0, 0.1) is 0 Å². The molecule has 0 saturated heterocycles. The highest BCUT2D eigenvalue weighted by molar-refractivity contribution is 7.80. The van der Waals surface area contributed by atoms with Crippen LogP contribution in [-0.2, 0) is 0 Å². The minimum atomic E-state index is 0.310. The summed E-state index contributed by atoms with van der Waals surface area (Å²) in [6.07, 6.45) is 6.82. The fourth-order valence-electron chi connectivity index (χ4n) is 2.93. The smallest absolute Gasteiger partial charge is 0.187 e. The summed E-state index contributed by atoms with van der Waals surface area (Å²) in [5.41, 5.74) is 6.46. The van der Waals surface area contributed by atoms with Crippen molar-refractivity contribution in [1.29, 1.82) is 0 Å². The van der Waals surface area contributed by atoms with Crippen LogP contribution in [0.5, 0.6) is 0 Å². The van der Waals surface area contributed by atoms with Crippen molar-refractivity contribution in [3.63, 3.8) is 0 Å². The maximum atomic E-state index is 5.18. The summed E-state index contributed by atoms with van der Waals surface area (Å²) in [6.45, 7) is 6.10. The van der Waals surface area contributed by atoms with Gasteiger partial charge in [-0.3, -0.25) is 5.43 Å². The number of thiocarbonyl (C=S) groups is 1. The Hall–Kier alpha value is -1.42. The molecule has 3 nitrogen and oxygen atoms in total. The third-order valence-electron chi connectivity index (χ3n) is 4.15. The summed E-state index contributed by atoms with van der Waals surface area (Å²) in [7, 11) is 0. The predicted octanol–water partition coefficient (Wildman–Crippen LogP) is 4.33. The number of nitrogens with zero attached hydrogens (tertiary/aromatic N) is 1. The Morgan fingerprint density at radius 1 is 1.14 bits per heavy atom. The average Bonchev–Trinajstić information content (AvgIpc) is 2.53. The van der Waals surface area contributed by atoms with E-state index >= 15 is 0 Å². The lowest BCUT2D eigenvalue weighted by atomic mass is 9.84. The first-order valence-corrected chi connectivity index (χ1v) is 8.68. The van der Waals surface area contributed by atoms with E-state index in [4.69, 9.17) is 12.2 Å². The monoisotopic (exact) mass is 317 g/mol. The summed E-state index contributed by atoms with van der Waals surface area (Å²) < 4.78 is 0. The SMILES string of the molecule is C/C(=N/NC(=S)NC(C)C)c1ccc(C2CCCCC2)cc1. The van der Waals surface area contributed by atoms with Crippen molar-refractivity contribution in [2.75, 3.05) is 0 Å². The molecule has 1 aliphatic rings. The van der Waals surface area contributed by atoms with Gasteiger partial charge in [0.2, 0.25) is 0 Å². The quantitative estimate of drug-likeness (QED) is 0.493. The van der Waals surface area contributed by atoms with Crippen molar-refractivity contribution in [2.45, 2.75) is 64.8 Å². The molecule has 2 N–H and O–H groups in total. The zero-order chi connectivity index (χ0) is 15.9. The second kappa shape index (κ2) is 8.28. The molecule has 0 atom stereocenters. The molecule has 0 amide bonds. The van der Waals surface area contributed by atoms with Crippen molar-refractivity contribution in [3.8, 4) is 0 Å². The highest BCUT2D eigenvalue weighted by Gasteiger charge is 2.15. The summed E-state index contributed by atoms with van der Waals surface area (Å²) >= 11 is 5.18. The molecule has 1 saturated carbocycles. The Morgan fingerprint density at radius 2 is 1.77 bits per heavy atom. The molecule has 120 valence electrons. The summed E-state index contributed by atoms with van der Waals surface area (Å²) in [4.78, 5) is 0. The van der Waals surface area contributed by atoms with Gasteiger partial charge in [0, 0.05) is 6.04 Å². The molecule has 0 spiro atoms. The summed E-state index contributed by atoms with van der Waals surface area (Å²) in [5, 5.41) is 8.03. The molecular weight excluding hydrogens is 290 g/mol. The van der Waals surface area contributed by atoms with E-state index < -0.39 is 0 Å². The van der Waals surface area contributed by atoms with E-state index in [9.17, 15) is 0 Å². The fraction of sp³-hybridized carbons (Fsp3) is 0.556. The lowest BCUT2D eigenvalue weighted by Crippen LogP contribution is -2.37. The Labute approximate surface area is 139 Å². The minimum absolute atomic E-state index is 0.310. The molecule has 0 radical (unpaired) electrons. The van der Waals surface area contributed by atoms with Crippen molar-refractivity contribution < 1.29 is 0 Å². The van der Waals surface area contributed by atoms with Crippen LogP contribution < -0.4 is 10.7 Å². The molecule has 0 aliphatic heterocycles. The predicted molar refractivity (Wildman–Crippen MR) is 98.5 cm³/mol. The molecule has 0 heterocycles. The van der Waals surface area contributed by atoms with Crippen LogP contribution in [0.15, 0.2) is 29.4 Å². The van der Waals surface area contributed by atoms with Crippen LogP contribution in [0.3, 0.4) is 0 Å². The van der Waals surface area contributed by atoms with E-state index in [-0.39, 0.29) is 0 Å². The molecule has 0 bridgehead atoms. The standard InChI is InChI=1S/C18H27N3S/c1-13(2)19-18(22)21-20-14(3)15-9-11-17(12-10-15)16-7-5-4-6-8-16/h9-13,16H,4-8H2,1-3H3,(H2,19,21,22)/b20-14-. The van der Waals surface area contributed by atoms with Crippen LogP contribution in [0.25, 0.3) is 0 Å². The van der Waals surface area contributed by atoms with Crippen molar-refractivity contribution in [2.24, 2.45) is 5.10 Å². The van der Waals surface area contributed by atoms with Crippen LogP contribution in [0.4, 0.5) is 0 Å². The lowest BCUT2D eigenvalue weighted by Gasteiger charge is -2.22. The van der Waals surface area contributed by atoms with Crippen LogP contribution >= 0.6 is 12.2 Å². The molecule has 1 aliphatic carbocycles. The molecule has 4 heteroatoms. The topological polar surface area (TPSA) is 36.4 Å². The average molecular weight is 318 g/mol. The van der Waals surface area contributed by atoms with Gasteiger partial charge in [-0.15, -0.1) is 0 Å². The van der Waals surface area contributed by atoms with Crippen molar-refractivity contribution in [1.82, 2.24) is 10.7 Å². The number of nitrogens with one attached hydrogen (secondary N) is 2. The maximum absolute atomic E-state index is 5.18. The lowest BCUT2D eigenvalue weighted by molar-refractivity contribution is 0.443. The van der Waals surface area contributed by atoms with Gasteiger partial charge >= 0.3 is 0 Å². The summed E-state index contributed by atoms with van der Waals surface area (Å²) in [6, 6.07) is 9.17. The van der Waals surface area contributed by atoms with E-state index in [1.54, 1.807) is 0 Å². The van der Waals surface area contributed by atoms with Gasteiger partial charge in [-0.2, -0.15) is 5.10 Å². The Kier molecular flexibility index (Phi) is 6.37. The van der Waals surface area contributed by atoms with Gasteiger partial charge in [-0.1, -0.05) is 43.5 Å². The zero-order valence-corrected chi connectivity index (χ0v) is 14.7. The Balaban J connectivity index is 1.95. The first-order chi connectivity index (χ1) is 10.6. The van der Waals surface area contributed by atoms with E-state index in [1.807, 2.05) is 6.92 Å². The number of hydrogen-bond acceptors (Lipinski definition) is 2. The van der Waals surface area contributed by atoms with Crippen molar-refractivity contribution in [3.05, 3.63) is 35.4 Å². The highest BCUT2D eigenvalue weighted by atomic mass is 32.1. The number of rotatable bonds is 4. The second-order valence-corrected chi connectivity index (χ2v) is 6.80. The minimum Gasteiger partial charge on any atom is -0.359 e. The van der Waals surface area contributed by atoms with Crippen molar-refractivity contribution >= 4 is 23.0 Å². The van der Waals surface area contributed by atoms with Crippen LogP contribution in [-0.4, -0.2) is 16.9 Å². The summed E-state index contributed by atoms with van der Waals surface area (Å²) in [5.74, 6) is 0.751. The number of hydrazone groups is 1. The van der Waals surface area contributed by atoms with Gasteiger partial charge in [0.25, 0.3) is 0 Å². The van der Waals surface area contributed by atoms with Gasteiger partial charge in [-0.25, -0.2) is 0 Å². The first-order valence-electron chi connectivity index (χ1n) is 8.27. The van der Waals surface area contributed by atoms with Gasteiger partial charge in [0.1, 0.15) is 0 Å². The Morgan fingerprint density at radius 3 is 2.36 bits per heavy atom. The van der Waals surface area contributed by atoms with Gasteiger partial charge in [0.05, 0.1) is 5.71 Å². The molecule has 0 unspecified atom stereocenters. The maximum Gasteiger partial charge on any atom is 0.187 e. The molecular formula is C18H27N3S. The van der Waals surface area contributed by atoms with Gasteiger partial charge < -0.3 is 5.32 Å². The molecule has 0 aromatic heterocycles. The third kappa shape index (κ3) is 5.09. The molecule has 2 rings (SSSR count). The fourth-order valence-corrected chi connectivity index (χ4v) is 3.21. The zero-order valence-electron chi connectivity index (χ0n) is 13.9. The van der Waals surface area contributed by atoms with Crippen LogP contribution in [0.2, 0.25) is 0 Å². The number of benzene rings is 1. The molecule has 1 aromatic carbocycles. The van der Waals surface area contributed by atoms with Crippen LogP contribution in [0.1, 0.15) is 69.9 Å². The van der Waals surface area contributed by atoms with E-state index in [0.29, 0.717) is 11.2 Å². The first kappa shape index (κ1) is 16.9. The highest BCUT2D eigenvalue weighted by Crippen LogP contribution is 2.32. The molecule has 22 heavy (non-hydrogen) atoms. The largest absolute Gasteiger partial charge is 0.359 e. The Bertz CT molecular complexity index is 514. The third-order valence-corrected chi connectivity index (χ3v) is 4.36. The van der Waals surface area contributed by atoms with E-state index in [1.165, 1.54) is 37.7 Å². The molecule has 1 aromatic rings. The number of hydrogen-bond donors (Lipinski definition) is 2. The second-order valence-electron chi connectivity index (χ2n) is 6.39. The van der Waals surface area contributed by atoms with E-state index in [2.05, 4.69) is 54.0 Å². The van der Waals surface area contributed by atoms with E-state index in [0.717, 1.165) is 17.2 Å².